The number of hydrogen-bond donors (Lipinski definition) is 3. The summed E-state index contributed by atoms with van der Waals surface area (Å²) >= 11 is 8.57. The maximum Gasteiger partial charge on any atom is 0.269 e. The Morgan fingerprint density at radius 2 is 1.60 bits per heavy atom. The minimum Gasteiger partial charge on any atom is -0.492 e. The highest BCUT2D eigenvalue weighted by Gasteiger charge is 2.17. The molecule has 0 bridgehead atoms. The largest absolute Gasteiger partial charge is 0.492 e. The van der Waals surface area contributed by atoms with E-state index in [0.717, 1.165) is 15.6 Å². The number of rotatable bonds is 6. The number of halogens is 1. The molecular formula is C27H28BrN3O3S. The van der Waals surface area contributed by atoms with E-state index in [1.54, 1.807) is 30.3 Å². The first-order chi connectivity index (χ1) is 16.6. The predicted octanol–water partition coefficient (Wildman–Crippen LogP) is 5.32. The highest BCUT2D eigenvalue weighted by atomic mass is 79.9. The number of hydrogen-bond acceptors (Lipinski definition) is 4. The fraction of sp³-hybridized carbons (Fsp3) is 0.222. The van der Waals surface area contributed by atoms with E-state index in [1.807, 2.05) is 42.5 Å². The molecule has 3 rings (SSSR count). The topological polar surface area (TPSA) is 79.5 Å². The van der Waals surface area contributed by atoms with Gasteiger partial charge in [-0.15, -0.1) is 0 Å². The van der Waals surface area contributed by atoms with E-state index >= 15 is 0 Å². The van der Waals surface area contributed by atoms with Crippen LogP contribution in [-0.4, -0.2) is 23.5 Å². The van der Waals surface area contributed by atoms with Crippen LogP contribution in [0, 0.1) is 0 Å². The van der Waals surface area contributed by atoms with Gasteiger partial charge in [-0.25, -0.2) is 0 Å². The predicted molar refractivity (Wildman–Crippen MR) is 146 cm³/mol. The zero-order valence-electron chi connectivity index (χ0n) is 19.9. The summed E-state index contributed by atoms with van der Waals surface area (Å²) in [4.78, 5) is 25.3. The monoisotopic (exact) mass is 553 g/mol. The molecule has 8 heteroatoms. The number of ether oxygens (including phenoxy) is 1. The molecular weight excluding hydrogens is 526 g/mol. The third kappa shape index (κ3) is 7.90. The molecule has 3 aromatic carbocycles. The summed E-state index contributed by atoms with van der Waals surface area (Å²) in [5, 5.41) is 2.54. The molecule has 0 heterocycles. The van der Waals surface area contributed by atoms with Gasteiger partial charge in [0.25, 0.3) is 11.8 Å². The molecule has 0 saturated carbocycles. The van der Waals surface area contributed by atoms with Crippen LogP contribution in [0.15, 0.2) is 77.3 Å². The minimum absolute atomic E-state index is 0.00432. The molecule has 3 N–H and O–H groups in total. The summed E-state index contributed by atoms with van der Waals surface area (Å²) in [6.07, 6.45) is 0.709. The fourth-order valence-electron chi connectivity index (χ4n) is 3.24. The van der Waals surface area contributed by atoms with Crippen LogP contribution in [-0.2, 0) is 11.8 Å². The van der Waals surface area contributed by atoms with Gasteiger partial charge in [0, 0.05) is 16.5 Å². The maximum atomic E-state index is 12.9. The molecule has 6 nitrogen and oxygen atoms in total. The van der Waals surface area contributed by atoms with Gasteiger partial charge in [-0.1, -0.05) is 79.2 Å². The molecule has 182 valence electrons. The van der Waals surface area contributed by atoms with Crippen molar-refractivity contribution in [1.29, 1.82) is 0 Å². The van der Waals surface area contributed by atoms with E-state index in [2.05, 4.69) is 52.9 Å². The molecule has 35 heavy (non-hydrogen) atoms. The van der Waals surface area contributed by atoms with Crippen LogP contribution in [0.1, 0.15) is 52.6 Å². The van der Waals surface area contributed by atoms with E-state index in [0.29, 0.717) is 29.9 Å². The zero-order valence-corrected chi connectivity index (χ0v) is 22.3. The number of amides is 2. The summed E-state index contributed by atoms with van der Waals surface area (Å²) in [7, 11) is 0. The molecule has 0 aliphatic carbocycles. The van der Waals surface area contributed by atoms with Crippen LogP contribution in [0.25, 0.3) is 0 Å². The van der Waals surface area contributed by atoms with Crippen LogP contribution in [0.2, 0.25) is 0 Å². The van der Waals surface area contributed by atoms with Crippen molar-refractivity contribution in [3.05, 3.63) is 99.5 Å². The summed E-state index contributed by atoms with van der Waals surface area (Å²) in [6.45, 7) is 6.74. The SMILES string of the molecule is CC(C)(C)c1ccc(C(=O)NNC(=S)NC(=O)c2cc(Br)ccc2OCCc2ccccc2)cc1. The molecule has 0 aliphatic rings. The van der Waals surface area contributed by atoms with Crippen molar-refractivity contribution in [3.8, 4) is 5.75 Å². The lowest BCUT2D eigenvalue weighted by molar-refractivity contribution is 0.0933. The number of carbonyl (C=O) groups excluding carboxylic acids is 2. The second kappa shape index (κ2) is 12.0. The first-order valence-corrected chi connectivity index (χ1v) is 12.3. The standard InChI is InChI=1S/C27H28BrN3O3S/c1-27(2,3)20-11-9-19(10-12-20)24(32)30-31-26(35)29-25(33)22-17-21(28)13-14-23(22)34-16-15-18-7-5-4-6-8-18/h4-14,17H,15-16H2,1-3H3,(H,30,32)(H2,29,31,33,35). The van der Waals surface area contributed by atoms with Crippen LogP contribution in [0.4, 0.5) is 0 Å². The minimum atomic E-state index is -0.456. The Hall–Kier alpha value is -3.23. The quantitative estimate of drug-likeness (QED) is 0.284. The van der Waals surface area contributed by atoms with Crippen LogP contribution < -0.4 is 20.9 Å². The molecule has 0 atom stereocenters. The van der Waals surface area contributed by atoms with Crippen molar-refractivity contribution in [1.82, 2.24) is 16.2 Å². The van der Waals surface area contributed by atoms with E-state index in [-0.39, 0.29) is 16.4 Å². The lowest BCUT2D eigenvalue weighted by Gasteiger charge is -2.19. The molecule has 0 saturated heterocycles. The van der Waals surface area contributed by atoms with Gasteiger partial charge in [0.15, 0.2) is 5.11 Å². The van der Waals surface area contributed by atoms with Gasteiger partial charge in [0.05, 0.1) is 12.2 Å². The molecule has 0 radical (unpaired) electrons. The number of benzene rings is 3. The third-order valence-corrected chi connectivity index (χ3v) is 5.90. The first-order valence-electron chi connectivity index (χ1n) is 11.1. The summed E-state index contributed by atoms with van der Waals surface area (Å²) in [6, 6.07) is 22.5. The van der Waals surface area contributed by atoms with Crippen molar-refractivity contribution in [2.24, 2.45) is 0 Å². The van der Waals surface area contributed by atoms with Crippen LogP contribution >= 0.6 is 28.1 Å². The normalized spacial score (nSPS) is 10.9. The second-order valence-corrected chi connectivity index (χ2v) is 10.2. The van der Waals surface area contributed by atoms with Gasteiger partial charge in [-0.2, -0.15) is 0 Å². The smallest absolute Gasteiger partial charge is 0.269 e. The maximum absolute atomic E-state index is 12.9. The van der Waals surface area contributed by atoms with Crippen molar-refractivity contribution >= 4 is 45.1 Å². The van der Waals surface area contributed by atoms with Crippen molar-refractivity contribution < 1.29 is 14.3 Å². The Morgan fingerprint density at radius 1 is 0.914 bits per heavy atom. The lowest BCUT2D eigenvalue weighted by atomic mass is 9.87. The first kappa shape index (κ1) is 26.4. The van der Waals surface area contributed by atoms with E-state index in [1.165, 1.54) is 0 Å². The van der Waals surface area contributed by atoms with Crippen molar-refractivity contribution in [2.75, 3.05) is 6.61 Å². The van der Waals surface area contributed by atoms with Crippen LogP contribution in [0.5, 0.6) is 5.75 Å². The van der Waals surface area contributed by atoms with Gasteiger partial charge in [0.1, 0.15) is 5.75 Å². The summed E-state index contributed by atoms with van der Waals surface area (Å²) < 4.78 is 6.60. The van der Waals surface area contributed by atoms with Crippen molar-refractivity contribution in [3.63, 3.8) is 0 Å². The zero-order chi connectivity index (χ0) is 25.4. The highest BCUT2D eigenvalue weighted by Crippen LogP contribution is 2.24. The molecule has 0 aromatic heterocycles. The lowest BCUT2D eigenvalue weighted by Crippen LogP contribution is -2.48. The molecule has 0 aliphatic heterocycles. The number of hydrazine groups is 1. The van der Waals surface area contributed by atoms with Gasteiger partial charge < -0.3 is 4.74 Å². The molecule has 2 amide bonds. The molecule has 0 spiro atoms. The third-order valence-electron chi connectivity index (χ3n) is 5.21. The van der Waals surface area contributed by atoms with Gasteiger partial charge >= 0.3 is 0 Å². The van der Waals surface area contributed by atoms with Gasteiger partial charge in [-0.05, 0) is 59.1 Å². The average molecular weight is 555 g/mol. The number of nitrogens with one attached hydrogen (secondary N) is 3. The summed E-state index contributed by atoms with van der Waals surface area (Å²) in [5.74, 6) is -0.385. The van der Waals surface area contributed by atoms with Gasteiger partial charge in [-0.3, -0.25) is 25.8 Å². The number of thiocarbonyl (C=S) groups is 1. The van der Waals surface area contributed by atoms with E-state index < -0.39 is 5.91 Å². The Kier molecular flexibility index (Phi) is 9.01. The Labute approximate surface area is 219 Å². The fourth-order valence-corrected chi connectivity index (χ4v) is 3.74. The number of carbonyl (C=O) groups is 2. The highest BCUT2D eigenvalue weighted by molar-refractivity contribution is 9.10. The van der Waals surface area contributed by atoms with E-state index in [4.69, 9.17) is 17.0 Å². The Balaban J connectivity index is 1.55. The van der Waals surface area contributed by atoms with Crippen molar-refractivity contribution in [2.45, 2.75) is 32.6 Å². The average Bonchev–Trinajstić information content (AvgIpc) is 2.83. The summed E-state index contributed by atoms with van der Waals surface area (Å²) in [5.41, 5.74) is 8.14. The second-order valence-electron chi connectivity index (χ2n) is 8.91. The van der Waals surface area contributed by atoms with E-state index in [9.17, 15) is 9.59 Å². The molecule has 0 unspecified atom stereocenters. The van der Waals surface area contributed by atoms with Crippen LogP contribution in [0.3, 0.4) is 0 Å². The Bertz CT molecular complexity index is 1190. The Morgan fingerprint density at radius 3 is 2.26 bits per heavy atom. The van der Waals surface area contributed by atoms with Gasteiger partial charge in [0.2, 0.25) is 0 Å². The molecule has 3 aromatic rings. The molecule has 0 fully saturated rings.